The molecule has 156 valence electrons. The topological polar surface area (TPSA) is 101 Å². The Morgan fingerprint density at radius 1 is 1.17 bits per heavy atom. The standard InChI is InChI=1S/C22H23N3O4S/c1-14(20(28)16-8-10-17(11-9-16)23-15(2)27)30-22-24-19-7-4-3-6-18(19)21(29)25(22)12-5-13-26/h3-4,6-11,14,26H,5,12-13H2,1-2H3,(H,23,27). The van der Waals surface area contributed by atoms with Crippen LogP contribution in [0, 0.1) is 0 Å². The van der Waals surface area contributed by atoms with Crippen molar-refractivity contribution < 1.29 is 14.7 Å². The van der Waals surface area contributed by atoms with Crippen molar-refractivity contribution in [2.24, 2.45) is 0 Å². The highest BCUT2D eigenvalue weighted by molar-refractivity contribution is 8.00. The number of carbonyl (C=O) groups excluding carboxylic acids is 2. The van der Waals surface area contributed by atoms with Gasteiger partial charge in [0.15, 0.2) is 10.9 Å². The lowest BCUT2D eigenvalue weighted by atomic mass is 10.1. The maximum Gasteiger partial charge on any atom is 0.262 e. The highest BCUT2D eigenvalue weighted by atomic mass is 32.2. The fourth-order valence-electron chi connectivity index (χ4n) is 3.03. The van der Waals surface area contributed by atoms with Crippen LogP contribution < -0.4 is 10.9 Å². The Bertz CT molecular complexity index is 1130. The van der Waals surface area contributed by atoms with Gasteiger partial charge in [0.2, 0.25) is 5.91 Å². The van der Waals surface area contributed by atoms with Crippen LogP contribution in [0.15, 0.2) is 58.5 Å². The number of para-hydroxylation sites is 1. The van der Waals surface area contributed by atoms with Gasteiger partial charge in [-0.25, -0.2) is 4.98 Å². The van der Waals surface area contributed by atoms with Crippen molar-refractivity contribution in [3.8, 4) is 0 Å². The van der Waals surface area contributed by atoms with Crippen LogP contribution in [0.25, 0.3) is 10.9 Å². The number of aliphatic hydroxyl groups excluding tert-OH is 1. The first-order chi connectivity index (χ1) is 14.4. The third-order valence-electron chi connectivity index (χ3n) is 4.51. The summed E-state index contributed by atoms with van der Waals surface area (Å²) in [5.74, 6) is -0.285. The molecule has 0 aliphatic rings. The van der Waals surface area contributed by atoms with Crippen molar-refractivity contribution in [2.45, 2.75) is 37.2 Å². The van der Waals surface area contributed by atoms with E-state index in [0.29, 0.717) is 40.3 Å². The van der Waals surface area contributed by atoms with E-state index in [4.69, 9.17) is 0 Å². The van der Waals surface area contributed by atoms with Crippen molar-refractivity contribution in [2.75, 3.05) is 11.9 Å². The zero-order valence-electron chi connectivity index (χ0n) is 16.8. The Morgan fingerprint density at radius 3 is 2.53 bits per heavy atom. The maximum absolute atomic E-state index is 12.9. The predicted molar refractivity (Wildman–Crippen MR) is 118 cm³/mol. The molecular formula is C22H23N3O4S. The summed E-state index contributed by atoms with van der Waals surface area (Å²) >= 11 is 1.22. The lowest BCUT2D eigenvalue weighted by molar-refractivity contribution is -0.114. The van der Waals surface area contributed by atoms with E-state index in [1.165, 1.54) is 23.3 Å². The van der Waals surface area contributed by atoms with E-state index in [-0.39, 0.29) is 23.9 Å². The van der Waals surface area contributed by atoms with E-state index >= 15 is 0 Å². The number of carbonyl (C=O) groups is 2. The van der Waals surface area contributed by atoms with Crippen LogP contribution in [-0.2, 0) is 11.3 Å². The second-order valence-corrected chi connectivity index (χ2v) is 8.14. The smallest absolute Gasteiger partial charge is 0.262 e. The summed E-state index contributed by atoms with van der Waals surface area (Å²) in [7, 11) is 0. The van der Waals surface area contributed by atoms with Crippen LogP contribution in [-0.4, -0.2) is 38.2 Å². The average molecular weight is 426 g/mol. The van der Waals surface area contributed by atoms with Gasteiger partial charge in [0, 0.05) is 31.3 Å². The van der Waals surface area contributed by atoms with Crippen LogP contribution in [0.2, 0.25) is 0 Å². The van der Waals surface area contributed by atoms with Crippen molar-refractivity contribution in [3.05, 3.63) is 64.4 Å². The van der Waals surface area contributed by atoms with Gasteiger partial charge in [0.05, 0.1) is 16.2 Å². The number of Topliss-reactive ketones (excluding diaryl/α,β-unsaturated/α-hetero) is 1. The van der Waals surface area contributed by atoms with Crippen LogP contribution in [0.3, 0.4) is 0 Å². The van der Waals surface area contributed by atoms with Gasteiger partial charge in [-0.2, -0.15) is 0 Å². The van der Waals surface area contributed by atoms with Crippen LogP contribution >= 0.6 is 11.8 Å². The number of amides is 1. The fraction of sp³-hybridized carbons (Fsp3) is 0.273. The van der Waals surface area contributed by atoms with E-state index in [9.17, 15) is 19.5 Å². The zero-order valence-corrected chi connectivity index (χ0v) is 17.6. The summed E-state index contributed by atoms with van der Waals surface area (Å²) < 4.78 is 1.52. The molecule has 0 saturated heterocycles. The second kappa shape index (κ2) is 9.69. The van der Waals surface area contributed by atoms with Gasteiger partial charge in [-0.05, 0) is 49.7 Å². The van der Waals surface area contributed by atoms with E-state index < -0.39 is 5.25 Å². The lowest BCUT2D eigenvalue weighted by Gasteiger charge is -2.16. The summed E-state index contributed by atoms with van der Waals surface area (Å²) in [6.07, 6.45) is 0.417. The number of ketones is 1. The first-order valence-corrected chi connectivity index (χ1v) is 10.5. The Hall–Kier alpha value is -2.97. The molecule has 30 heavy (non-hydrogen) atoms. The Morgan fingerprint density at radius 2 is 1.87 bits per heavy atom. The predicted octanol–water partition coefficient (Wildman–Crippen LogP) is 3.10. The minimum absolute atomic E-state index is 0.0432. The molecule has 1 unspecified atom stereocenters. The molecule has 3 rings (SSSR count). The normalized spacial score (nSPS) is 12.0. The first-order valence-electron chi connectivity index (χ1n) is 9.59. The molecule has 0 bridgehead atoms. The van der Waals surface area contributed by atoms with E-state index in [0.717, 1.165) is 0 Å². The molecule has 1 heterocycles. The number of benzene rings is 2. The minimum atomic E-state index is -0.481. The average Bonchev–Trinajstić information content (AvgIpc) is 2.73. The van der Waals surface area contributed by atoms with Crippen molar-refractivity contribution in [3.63, 3.8) is 0 Å². The number of hydrogen-bond acceptors (Lipinski definition) is 6. The third kappa shape index (κ3) is 4.95. The third-order valence-corrected chi connectivity index (χ3v) is 5.60. The summed E-state index contributed by atoms with van der Waals surface area (Å²) in [6, 6.07) is 13.8. The molecule has 3 aromatic rings. The largest absolute Gasteiger partial charge is 0.396 e. The van der Waals surface area contributed by atoms with Gasteiger partial charge in [-0.1, -0.05) is 23.9 Å². The second-order valence-electron chi connectivity index (χ2n) is 6.83. The highest BCUT2D eigenvalue weighted by Crippen LogP contribution is 2.25. The Labute approximate surface area is 178 Å². The molecule has 0 aliphatic heterocycles. The highest BCUT2D eigenvalue weighted by Gasteiger charge is 2.20. The quantitative estimate of drug-likeness (QED) is 0.327. The van der Waals surface area contributed by atoms with Gasteiger partial charge < -0.3 is 10.4 Å². The van der Waals surface area contributed by atoms with E-state index in [1.807, 2.05) is 6.07 Å². The van der Waals surface area contributed by atoms with E-state index in [2.05, 4.69) is 10.3 Å². The molecule has 0 spiro atoms. The minimum Gasteiger partial charge on any atom is -0.396 e. The van der Waals surface area contributed by atoms with Crippen LogP contribution in [0.4, 0.5) is 5.69 Å². The summed E-state index contributed by atoms with van der Waals surface area (Å²) in [4.78, 5) is 41.5. The maximum atomic E-state index is 12.9. The molecule has 1 aromatic heterocycles. The van der Waals surface area contributed by atoms with Gasteiger partial charge in [-0.3, -0.25) is 19.0 Å². The van der Waals surface area contributed by atoms with Gasteiger partial charge in [-0.15, -0.1) is 0 Å². The van der Waals surface area contributed by atoms with Gasteiger partial charge in [0.1, 0.15) is 0 Å². The molecule has 1 atom stereocenters. The summed E-state index contributed by atoms with van der Waals surface area (Å²) in [5, 5.41) is 12.3. The number of rotatable bonds is 8. The number of anilines is 1. The molecule has 7 nitrogen and oxygen atoms in total. The van der Waals surface area contributed by atoms with Crippen LogP contribution in [0.1, 0.15) is 30.6 Å². The Balaban J connectivity index is 1.87. The molecule has 2 N–H and O–H groups in total. The van der Waals surface area contributed by atoms with Crippen molar-refractivity contribution >= 4 is 40.0 Å². The van der Waals surface area contributed by atoms with E-state index in [1.54, 1.807) is 49.4 Å². The van der Waals surface area contributed by atoms with Gasteiger partial charge in [0.25, 0.3) is 5.56 Å². The number of thioether (sulfide) groups is 1. The van der Waals surface area contributed by atoms with Crippen molar-refractivity contribution in [1.29, 1.82) is 0 Å². The molecule has 0 radical (unpaired) electrons. The van der Waals surface area contributed by atoms with Crippen molar-refractivity contribution in [1.82, 2.24) is 9.55 Å². The molecular weight excluding hydrogens is 402 g/mol. The summed E-state index contributed by atoms with van der Waals surface area (Å²) in [6.45, 7) is 3.47. The number of nitrogens with zero attached hydrogens (tertiary/aromatic N) is 2. The summed E-state index contributed by atoms with van der Waals surface area (Å²) in [5.41, 5.74) is 1.52. The molecule has 8 heteroatoms. The molecule has 0 aliphatic carbocycles. The number of hydrogen-bond donors (Lipinski definition) is 2. The Kier molecular flexibility index (Phi) is 7.02. The fourth-order valence-corrected chi connectivity index (χ4v) is 4.04. The number of fused-ring (bicyclic) bond motifs is 1. The number of aliphatic hydroxyl groups is 1. The lowest BCUT2D eigenvalue weighted by Crippen LogP contribution is -2.25. The molecule has 0 fully saturated rings. The SMILES string of the molecule is CC(=O)Nc1ccc(C(=O)C(C)Sc2nc3ccccc3c(=O)n2CCCO)cc1. The number of aromatic nitrogens is 2. The number of nitrogens with one attached hydrogen (secondary N) is 1. The monoisotopic (exact) mass is 425 g/mol. The molecule has 1 amide bonds. The van der Waals surface area contributed by atoms with Crippen LogP contribution in [0.5, 0.6) is 0 Å². The molecule has 2 aromatic carbocycles. The molecule has 0 saturated carbocycles. The first kappa shape index (κ1) is 21.7. The van der Waals surface area contributed by atoms with Gasteiger partial charge >= 0.3 is 0 Å². The zero-order chi connectivity index (χ0) is 21.7.